The molecule has 88 valence electrons. The van der Waals surface area contributed by atoms with Gasteiger partial charge in [-0.2, -0.15) is 0 Å². The van der Waals surface area contributed by atoms with Crippen LogP contribution in [0, 0.1) is 0 Å². The van der Waals surface area contributed by atoms with E-state index in [1.165, 1.54) is 10.4 Å². The zero-order valence-electron chi connectivity index (χ0n) is 9.66. The number of nitrogens with zero attached hydrogens (tertiary/aromatic N) is 1. The van der Waals surface area contributed by atoms with Gasteiger partial charge in [-0.1, -0.05) is 6.92 Å². The summed E-state index contributed by atoms with van der Waals surface area (Å²) < 4.78 is 0. The molecule has 0 unspecified atom stereocenters. The predicted molar refractivity (Wildman–Crippen MR) is 67.2 cm³/mol. The molecule has 3 nitrogen and oxygen atoms in total. The van der Waals surface area contributed by atoms with Gasteiger partial charge in [-0.3, -0.25) is 9.69 Å². The summed E-state index contributed by atoms with van der Waals surface area (Å²) in [5.74, 6) is 0. The summed E-state index contributed by atoms with van der Waals surface area (Å²) in [7, 11) is 0. The second-order valence-electron chi connectivity index (χ2n) is 4.09. The number of nitrogens with one attached hydrogen (secondary N) is 1. The Morgan fingerprint density at radius 3 is 2.88 bits per heavy atom. The van der Waals surface area contributed by atoms with Crippen molar-refractivity contribution in [2.24, 2.45) is 0 Å². The van der Waals surface area contributed by atoms with Crippen LogP contribution in [0.4, 0.5) is 0 Å². The molecule has 0 spiro atoms. The molecule has 16 heavy (non-hydrogen) atoms. The summed E-state index contributed by atoms with van der Waals surface area (Å²) in [6.07, 6.45) is 1.99. The number of hydrogen-bond donors (Lipinski definition) is 1. The minimum Gasteiger partial charge on any atom is -0.314 e. The van der Waals surface area contributed by atoms with E-state index in [0.29, 0.717) is 0 Å². The van der Waals surface area contributed by atoms with Gasteiger partial charge in [0.05, 0.1) is 4.88 Å². The van der Waals surface area contributed by atoms with E-state index in [2.05, 4.69) is 23.2 Å². The molecule has 0 atom stereocenters. The maximum absolute atomic E-state index is 10.8. The van der Waals surface area contributed by atoms with Crippen LogP contribution in [0.5, 0.6) is 0 Å². The molecule has 1 aliphatic rings. The lowest BCUT2D eigenvalue weighted by atomic mass is 10.2. The molecule has 1 saturated heterocycles. The number of piperazine rings is 1. The first-order valence-electron chi connectivity index (χ1n) is 5.83. The van der Waals surface area contributed by atoms with Crippen LogP contribution in [0.25, 0.3) is 0 Å². The highest BCUT2D eigenvalue weighted by Gasteiger charge is 2.13. The third-order valence-corrected chi connectivity index (χ3v) is 4.20. The second-order valence-corrected chi connectivity index (χ2v) is 5.26. The molecule has 1 aromatic heterocycles. The van der Waals surface area contributed by atoms with Crippen molar-refractivity contribution in [3.63, 3.8) is 0 Å². The van der Waals surface area contributed by atoms with E-state index in [4.69, 9.17) is 0 Å². The standard InChI is InChI=1S/C12H18N2OS/c1-2-12-10(7-11(9-15)16-12)8-14-5-3-13-4-6-14/h7,9,13H,2-6,8H2,1H3. The molecule has 0 aromatic carbocycles. The van der Waals surface area contributed by atoms with E-state index in [-0.39, 0.29) is 0 Å². The van der Waals surface area contributed by atoms with Gasteiger partial charge in [-0.25, -0.2) is 0 Å². The van der Waals surface area contributed by atoms with Gasteiger partial charge in [0.15, 0.2) is 6.29 Å². The molecule has 0 radical (unpaired) electrons. The van der Waals surface area contributed by atoms with Crippen LogP contribution in [0.3, 0.4) is 0 Å². The number of aryl methyl sites for hydroxylation is 1. The smallest absolute Gasteiger partial charge is 0.160 e. The maximum atomic E-state index is 10.8. The first kappa shape index (κ1) is 11.8. The minimum atomic E-state index is 0.863. The normalized spacial score (nSPS) is 17.6. The van der Waals surface area contributed by atoms with Crippen molar-refractivity contribution in [1.29, 1.82) is 0 Å². The van der Waals surface area contributed by atoms with Gasteiger partial charge in [0.2, 0.25) is 0 Å². The molecular weight excluding hydrogens is 220 g/mol. The van der Waals surface area contributed by atoms with E-state index < -0.39 is 0 Å². The monoisotopic (exact) mass is 238 g/mol. The molecule has 1 fully saturated rings. The number of carbonyl (C=O) groups is 1. The van der Waals surface area contributed by atoms with Gasteiger partial charge in [0, 0.05) is 37.6 Å². The lowest BCUT2D eigenvalue weighted by Crippen LogP contribution is -2.42. The van der Waals surface area contributed by atoms with Gasteiger partial charge in [-0.05, 0) is 18.1 Å². The summed E-state index contributed by atoms with van der Waals surface area (Å²) in [6, 6.07) is 2.05. The summed E-state index contributed by atoms with van der Waals surface area (Å²) in [4.78, 5) is 15.4. The Labute approximate surface area is 100 Å². The summed E-state index contributed by atoms with van der Waals surface area (Å²) in [5, 5.41) is 3.35. The number of hydrogen-bond acceptors (Lipinski definition) is 4. The first-order chi connectivity index (χ1) is 7.83. The van der Waals surface area contributed by atoms with Crippen molar-refractivity contribution in [2.75, 3.05) is 26.2 Å². The van der Waals surface area contributed by atoms with Crippen molar-refractivity contribution >= 4 is 17.6 Å². The fourth-order valence-electron chi connectivity index (χ4n) is 2.09. The lowest BCUT2D eigenvalue weighted by molar-refractivity contribution is 0.112. The molecule has 4 heteroatoms. The predicted octanol–water partition coefficient (Wildman–Crippen LogP) is 1.53. The topological polar surface area (TPSA) is 32.3 Å². The van der Waals surface area contributed by atoms with Gasteiger partial charge in [0.25, 0.3) is 0 Å². The van der Waals surface area contributed by atoms with Crippen molar-refractivity contribution in [1.82, 2.24) is 10.2 Å². The molecule has 0 saturated carbocycles. The van der Waals surface area contributed by atoms with Gasteiger partial charge < -0.3 is 5.32 Å². The maximum Gasteiger partial charge on any atom is 0.160 e. The third kappa shape index (κ3) is 2.70. The lowest BCUT2D eigenvalue weighted by Gasteiger charge is -2.27. The second kappa shape index (κ2) is 5.57. The SMILES string of the molecule is CCc1sc(C=O)cc1CN1CCNCC1. The molecule has 1 aromatic rings. The largest absolute Gasteiger partial charge is 0.314 e. The van der Waals surface area contributed by atoms with Crippen LogP contribution in [0.15, 0.2) is 6.07 Å². The van der Waals surface area contributed by atoms with Gasteiger partial charge >= 0.3 is 0 Å². The Morgan fingerprint density at radius 1 is 1.50 bits per heavy atom. The third-order valence-electron chi connectivity index (χ3n) is 2.96. The van der Waals surface area contributed by atoms with Crippen LogP contribution in [0.1, 0.15) is 27.0 Å². The van der Waals surface area contributed by atoms with E-state index in [0.717, 1.165) is 50.3 Å². The minimum absolute atomic E-state index is 0.863. The van der Waals surface area contributed by atoms with Gasteiger partial charge in [0.1, 0.15) is 0 Å². The van der Waals surface area contributed by atoms with Crippen molar-refractivity contribution < 1.29 is 4.79 Å². The zero-order chi connectivity index (χ0) is 11.4. The summed E-state index contributed by atoms with van der Waals surface area (Å²) >= 11 is 1.64. The van der Waals surface area contributed by atoms with Crippen LogP contribution in [-0.4, -0.2) is 37.4 Å². The molecule has 1 N–H and O–H groups in total. The zero-order valence-corrected chi connectivity index (χ0v) is 10.5. The molecule has 0 bridgehead atoms. The average molecular weight is 238 g/mol. The van der Waals surface area contributed by atoms with Crippen molar-refractivity contribution in [3.05, 3.63) is 21.4 Å². The average Bonchev–Trinajstić information content (AvgIpc) is 2.73. The Morgan fingerprint density at radius 2 is 2.25 bits per heavy atom. The van der Waals surface area contributed by atoms with Crippen LogP contribution < -0.4 is 5.32 Å². The Bertz CT molecular complexity index is 356. The Kier molecular flexibility index (Phi) is 4.09. The summed E-state index contributed by atoms with van der Waals surface area (Å²) in [6.45, 7) is 7.51. The molecule has 1 aliphatic heterocycles. The molecule has 2 rings (SSSR count). The quantitative estimate of drug-likeness (QED) is 0.807. The first-order valence-corrected chi connectivity index (χ1v) is 6.65. The number of carbonyl (C=O) groups excluding carboxylic acids is 1. The van der Waals surface area contributed by atoms with Crippen molar-refractivity contribution in [2.45, 2.75) is 19.9 Å². The fourth-order valence-corrected chi connectivity index (χ4v) is 3.02. The Hall–Kier alpha value is -0.710. The van der Waals surface area contributed by atoms with E-state index in [1.54, 1.807) is 11.3 Å². The number of rotatable bonds is 4. The van der Waals surface area contributed by atoms with Crippen LogP contribution in [0.2, 0.25) is 0 Å². The molecule has 2 heterocycles. The van der Waals surface area contributed by atoms with Crippen LogP contribution >= 0.6 is 11.3 Å². The van der Waals surface area contributed by atoms with E-state index in [9.17, 15) is 4.79 Å². The van der Waals surface area contributed by atoms with Crippen LogP contribution in [-0.2, 0) is 13.0 Å². The Balaban J connectivity index is 2.06. The van der Waals surface area contributed by atoms with E-state index >= 15 is 0 Å². The van der Waals surface area contributed by atoms with Crippen molar-refractivity contribution in [3.8, 4) is 0 Å². The van der Waals surface area contributed by atoms with Gasteiger partial charge in [-0.15, -0.1) is 11.3 Å². The highest BCUT2D eigenvalue weighted by molar-refractivity contribution is 7.13. The highest BCUT2D eigenvalue weighted by Crippen LogP contribution is 2.23. The molecule has 0 amide bonds. The number of aldehydes is 1. The fraction of sp³-hybridized carbons (Fsp3) is 0.583. The number of thiophene rings is 1. The highest BCUT2D eigenvalue weighted by atomic mass is 32.1. The molecular formula is C12H18N2OS. The summed E-state index contributed by atoms with van der Waals surface area (Å²) in [5.41, 5.74) is 1.34. The van der Waals surface area contributed by atoms with E-state index in [1.807, 2.05) is 0 Å². The molecule has 0 aliphatic carbocycles.